The van der Waals surface area contributed by atoms with Crippen LogP contribution in [0.2, 0.25) is 0 Å². The van der Waals surface area contributed by atoms with Gasteiger partial charge in [0.2, 0.25) is 5.89 Å². The van der Waals surface area contributed by atoms with E-state index in [2.05, 4.69) is 24.0 Å². The van der Waals surface area contributed by atoms with Crippen molar-refractivity contribution >= 4 is 17.7 Å². The van der Waals surface area contributed by atoms with E-state index in [1.165, 1.54) is 11.8 Å². The number of rotatable bonds is 6. The number of carbonyl (C=O) groups is 1. The van der Waals surface area contributed by atoms with Crippen LogP contribution in [0.15, 0.2) is 33.7 Å². The van der Waals surface area contributed by atoms with Gasteiger partial charge in [-0.05, 0) is 30.2 Å². The number of thioether (sulfide) groups is 1. The molecular weight excluding hydrogens is 276 g/mol. The SMILES string of the molecule is CC(C)Cc1noc(CSc2ccc(C(=O)O)cc2)n1. The zero-order valence-corrected chi connectivity index (χ0v) is 12.2. The van der Waals surface area contributed by atoms with Gasteiger partial charge < -0.3 is 9.63 Å². The van der Waals surface area contributed by atoms with Crippen molar-refractivity contribution in [1.82, 2.24) is 10.1 Å². The summed E-state index contributed by atoms with van der Waals surface area (Å²) in [4.78, 5) is 16.0. The molecule has 1 aromatic carbocycles. The van der Waals surface area contributed by atoms with Gasteiger partial charge in [-0.25, -0.2) is 4.79 Å². The molecule has 0 fully saturated rings. The largest absolute Gasteiger partial charge is 0.478 e. The van der Waals surface area contributed by atoms with Gasteiger partial charge in [0.1, 0.15) is 0 Å². The first-order valence-electron chi connectivity index (χ1n) is 6.32. The van der Waals surface area contributed by atoms with Crippen molar-refractivity contribution in [1.29, 1.82) is 0 Å². The molecule has 1 aromatic heterocycles. The van der Waals surface area contributed by atoms with Crippen molar-refractivity contribution in [2.75, 3.05) is 0 Å². The maximum atomic E-state index is 10.7. The van der Waals surface area contributed by atoms with Crippen LogP contribution < -0.4 is 0 Å². The van der Waals surface area contributed by atoms with Crippen LogP contribution >= 0.6 is 11.8 Å². The molecule has 0 bridgehead atoms. The van der Waals surface area contributed by atoms with Crippen LogP contribution in [0, 0.1) is 5.92 Å². The Labute approximate surface area is 121 Å². The molecule has 0 aliphatic carbocycles. The highest BCUT2D eigenvalue weighted by atomic mass is 32.2. The molecule has 20 heavy (non-hydrogen) atoms. The van der Waals surface area contributed by atoms with Crippen LogP contribution in [0.4, 0.5) is 0 Å². The van der Waals surface area contributed by atoms with Gasteiger partial charge in [0.25, 0.3) is 0 Å². The molecule has 5 nitrogen and oxygen atoms in total. The molecule has 2 rings (SSSR count). The summed E-state index contributed by atoms with van der Waals surface area (Å²) >= 11 is 1.54. The van der Waals surface area contributed by atoms with Crippen molar-refractivity contribution in [3.8, 4) is 0 Å². The minimum Gasteiger partial charge on any atom is -0.478 e. The second-order valence-electron chi connectivity index (χ2n) is 4.82. The van der Waals surface area contributed by atoms with Gasteiger partial charge in [0.05, 0.1) is 11.3 Å². The lowest BCUT2D eigenvalue weighted by molar-refractivity contribution is 0.0697. The summed E-state index contributed by atoms with van der Waals surface area (Å²) < 4.78 is 5.17. The zero-order chi connectivity index (χ0) is 14.5. The Morgan fingerprint density at radius 1 is 1.35 bits per heavy atom. The molecule has 0 unspecified atom stereocenters. The molecule has 0 atom stereocenters. The Morgan fingerprint density at radius 2 is 2.05 bits per heavy atom. The number of nitrogens with zero attached hydrogens (tertiary/aromatic N) is 2. The molecule has 0 amide bonds. The van der Waals surface area contributed by atoms with Crippen LogP contribution in [0.25, 0.3) is 0 Å². The smallest absolute Gasteiger partial charge is 0.335 e. The third-order valence-electron chi connectivity index (χ3n) is 2.56. The minimum atomic E-state index is -0.920. The quantitative estimate of drug-likeness (QED) is 0.823. The number of aromatic carboxylic acids is 1. The van der Waals surface area contributed by atoms with Gasteiger partial charge in [-0.3, -0.25) is 0 Å². The predicted octanol–water partition coefficient (Wildman–Crippen LogP) is 3.26. The van der Waals surface area contributed by atoms with Crippen molar-refractivity contribution in [3.63, 3.8) is 0 Å². The average Bonchev–Trinajstić information content (AvgIpc) is 2.83. The van der Waals surface area contributed by atoms with Crippen molar-refractivity contribution in [2.45, 2.75) is 30.9 Å². The second-order valence-corrected chi connectivity index (χ2v) is 5.87. The third-order valence-corrected chi connectivity index (χ3v) is 3.56. The Balaban J connectivity index is 1.91. The van der Waals surface area contributed by atoms with Gasteiger partial charge in [0.15, 0.2) is 5.82 Å². The molecule has 0 radical (unpaired) electrons. The maximum Gasteiger partial charge on any atom is 0.335 e. The number of carboxylic acids is 1. The topological polar surface area (TPSA) is 76.2 Å². The van der Waals surface area contributed by atoms with E-state index in [0.717, 1.165) is 17.1 Å². The number of hydrogen-bond acceptors (Lipinski definition) is 5. The highest BCUT2D eigenvalue weighted by Gasteiger charge is 2.09. The first kappa shape index (κ1) is 14.6. The monoisotopic (exact) mass is 292 g/mol. The van der Waals surface area contributed by atoms with Gasteiger partial charge >= 0.3 is 5.97 Å². The van der Waals surface area contributed by atoms with Gasteiger partial charge in [-0.15, -0.1) is 11.8 Å². The normalized spacial score (nSPS) is 10.9. The molecule has 0 spiro atoms. The molecule has 0 saturated heterocycles. The summed E-state index contributed by atoms with van der Waals surface area (Å²) in [6.45, 7) is 4.21. The molecular formula is C14H16N2O3S. The van der Waals surface area contributed by atoms with E-state index in [1.807, 2.05) is 0 Å². The molecule has 0 saturated carbocycles. The van der Waals surface area contributed by atoms with Crippen molar-refractivity contribution < 1.29 is 14.4 Å². The van der Waals surface area contributed by atoms with E-state index in [-0.39, 0.29) is 5.56 Å². The Bertz CT molecular complexity index is 578. The van der Waals surface area contributed by atoms with Gasteiger partial charge in [0, 0.05) is 11.3 Å². The standard InChI is InChI=1S/C14H16N2O3S/c1-9(2)7-12-15-13(19-16-12)8-20-11-5-3-10(4-6-11)14(17)18/h3-6,9H,7-8H2,1-2H3,(H,17,18). The number of carboxylic acid groups (broad SMARTS) is 1. The first-order valence-corrected chi connectivity index (χ1v) is 7.31. The molecule has 1 heterocycles. The van der Waals surface area contributed by atoms with Crippen LogP contribution in [-0.4, -0.2) is 21.2 Å². The first-order chi connectivity index (χ1) is 9.54. The van der Waals surface area contributed by atoms with E-state index in [1.54, 1.807) is 24.3 Å². The lowest BCUT2D eigenvalue weighted by atomic mass is 10.1. The van der Waals surface area contributed by atoms with E-state index in [9.17, 15) is 4.79 Å². The Kier molecular flexibility index (Phi) is 4.79. The number of hydrogen-bond donors (Lipinski definition) is 1. The van der Waals surface area contributed by atoms with E-state index >= 15 is 0 Å². The van der Waals surface area contributed by atoms with Crippen LogP contribution in [0.3, 0.4) is 0 Å². The maximum absolute atomic E-state index is 10.7. The highest BCUT2D eigenvalue weighted by Crippen LogP contribution is 2.22. The molecule has 0 aliphatic rings. The van der Waals surface area contributed by atoms with Gasteiger partial charge in [-0.1, -0.05) is 19.0 Å². The summed E-state index contributed by atoms with van der Waals surface area (Å²) in [7, 11) is 0. The fraction of sp³-hybridized carbons (Fsp3) is 0.357. The summed E-state index contributed by atoms with van der Waals surface area (Å²) in [5.74, 6) is 1.48. The van der Waals surface area contributed by atoms with Gasteiger partial charge in [-0.2, -0.15) is 4.98 Å². The summed E-state index contributed by atoms with van der Waals surface area (Å²) in [6, 6.07) is 6.73. The lowest BCUT2D eigenvalue weighted by Gasteiger charge is -1.99. The lowest BCUT2D eigenvalue weighted by Crippen LogP contribution is -1.96. The summed E-state index contributed by atoms with van der Waals surface area (Å²) in [5.41, 5.74) is 0.284. The fourth-order valence-corrected chi connectivity index (χ4v) is 2.37. The average molecular weight is 292 g/mol. The van der Waals surface area contributed by atoms with E-state index in [0.29, 0.717) is 17.6 Å². The van der Waals surface area contributed by atoms with Crippen molar-refractivity contribution in [2.24, 2.45) is 5.92 Å². The summed E-state index contributed by atoms with van der Waals surface area (Å²) in [6.07, 6.45) is 0.807. The Morgan fingerprint density at radius 3 is 2.65 bits per heavy atom. The van der Waals surface area contributed by atoms with Crippen LogP contribution in [0.1, 0.15) is 35.9 Å². The van der Waals surface area contributed by atoms with Crippen LogP contribution in [-0.2, 0) is 12.2 Å². The molecule has 1 N–H and O–H groups in total. The zero-order valence-electron chi connectivity index (χ0n) is 11.4. The number of benzene rings is 1. The molecule has 0 aliphatic heterocycles. The molecule has 106 valence electrons. The second kappa shape index (κ2) is 6.56. The molecule has 6 heteroatoms. The van der Waals surface area contributed by atoms with E-state index < -0.39 is 5.97 Å². The van der Waals surface area contributed by atoms with Crippen molar-refractivity contribution in [3.05, 3.63) is 41.5 Å². The minimum absolute atomic E-state index is 0.284. The molecule has 2 aromatic rings. The number of aromatic nitrogens is 2. The van der Waals surface area contributed by atoms with E-state index in [4.69, 9.17) is 9.63 Å². The Hall–Kier alpha value is -1.82. The predicted molar refractivity (Wildman–Crippen MR) is 75.8 cm³/mol. The summed E-state index contributed by atoms with van der Waals surface area (Å²) in [5, 5.41) is 12.7. The third kappa shape index (κ3) is 4.09. The highest BCUT2D eigenvalue weighted by molar-refractivity contribution is 7.98. The van der Waals surface area contributed by atoms with Crippen LogP contribution in [0.5, 0.6) is 0 Å². The fourth-order valence-electron chi connectivity index (χ4n) is 1.64.